The zero-order valence-corrected chi connectivity index (χ0v) is 11.4. The molecule has 20 heavy (non-hydrogen) atoms. The summed E-state index contributed by atoms with van der Waals surface area (Å²) in [4.78, 5) is 22.6. The second-order valence-corrected chi connectivity index (χ2v) is 4.12. The molecule has 5 nitrogen and oxygen atoms in total. The summed E-state index contributed by atoms with van der Waals surface area (Å²) in [7, 11) is 0. The predicted octanol–water partition coefficient (Wildman–Crippen LogP) is 2.59. The monoisotopic (exact) mass is 275 g/mol. The first-order chi connectivity index (χ1) is 9.65. The van der Waals surface area contributed by atoms with Gasteiger partial charge < -0.3 is 9.47 Å². The molecule has 0 aliphatic rings. The van der Waals surface area contributed by atoms with Crippen LogP contribution in [0.25, 0.3) is 0 Å². The number of hydrogen-bond acceptors (Lipinski definition) is 5. The third kappa shape index (κ3) is 6.01. The van der Waals surface area contributed by atoms with Gasteiger partial charge in [-0.2, -0.15) is 5.26 Å². The average Bonchev–Trinajstić information content (AvgIpc) is 2.45. The molecule has 5 heteroatoms. The van der Waals surface area contributed by atoms with E-state index < -0.39 is 0 Å². The van der Waals surface area contributed by atoms with Crippen LogP contribution in [-0.4, -0.2) is 18.5 Å². The molecule has 0 bridgehead atoms. The van der Waals surface area contributed by atoms with Gasteiger partial charge in [0.15, 0.2) is 0 Å². The predicted molar refractivity (Wildman–Crippen MR) is 71.9 cm³/mol. The molecule has 0 spiro atoms. The van der Waals surface area contributed by atoms with E-state index in [0.717, 1.165) is 0 Å². The second kappa shape index (κ2) is 8.70. The van der Waals surface area contributed by atoms with Crippen LogP contribution < -0.4 is 4.74 Å². The summed E-state index contributed by atoms with van der Waals surface area (Å²) in [6.07, 6.45) is 1.74. The standard InChI is InChI=1S/C15H17NO4/c1-2-19-14(17)5-3-4-6-15(18)20-13-9-7-12(11-16)8-10-13/h7-10H,2-6H2,1H3. The van der Waals surface area contributed by atoms with E-state index in [2.05, 4.69) is 0 Å². The molecule has 0 radical (unpaired) electrons. The van der Waals surface area contributed by atoms with Crippen molar-refractivity contribution >= 4 is 11.9 Å². The average molecular weight is 275 g/mol. The molecule has 0 amide bonds. The molecule has 0 saturated carbocycles. The Hall–Kier alpha value is -2.35. The highest BCUT2D eigenvalue weighted by molar-refractivity contribution is 5.72. The highest BCUT2D eigenvalue weighted by atomic mass is 16.5. The van der Waals surface area contributed by atoms with E-state index >= 15 is 0 Å². The van der Waals surface area contributed by atoms with Crippen molar-refractivity contribution in [3.05, 3.63) is 29.8 Å². The van der Waals surface area contributed by atoms with Gasteiger partial charge in [0.05, 0.1) is 18.2 Å². The number of hydrogen-bond donors (Lipinski definition) is 0. The number of esters is 2. The molecular weight excluding hydrogens is 258 g/mol. The smallest absolute Gasteiger partial charge is 0.311 e. The van der Waals surface area contributed by atoms with Crippen LogP contribution in [0.15, 0.2) is 24.3 Å². The molecule has 0 unspecified atom stereocenters. The minimum absolute atomic E-state index is 0.243. The number of unbranched alkanes of at least 4 members (excludes halogenated alkanes) is 1. The second-order valence-electron chi connectivity index (χ2n) is 4.12. The number of nitrogens with zero attached hydrogens (tertiary/aromatic N) is 1. The molecule has 0 heterocycles. The van der Waals surface area contributed by atoms with Gasteiger partial charge >= 0.3 is 11.9 Å². The fourth-order valence-electron chi connectivity index (χ4n) is 1.55. The minimum Gasteiger partial charge on any atom is -0.466 e. The van der Waals surface area contributed by atoms with E-state index in [4.69, 9.17) is 14.7 Å². The van der Waals surface area contributed by atoms with Crippen LogP contribution in [-0.2, 0) is 14.3 Å². The van der Waals surface area contributed by atoms with E-state index in [1.54, 1.807) is 31.2 Å². The summed E-state index contributed by atoms with van der Waals surface area (Å²) in [5, 5.41) is 8.64. The normalized spacial score (nSPS) is 9.60. The summed E-state index contributed by atoms with van der Waals surface area (Å²) in [5.41, 5.74) is 0.513. The minimum atomic E-state index is -0.349. The van der Waals surface area contributed by atoms with Gasteiger partial charge in [0.2, 0.25) is 0 Å². The van der Waals surface area contributed by atoms with Crippen LogP contribution in [0.1, 0.15) is 38.2 Å². The summed E-state index contributed by atoms with van der Waals surface area (Å²) in [6, 6.07) is 8.32. The molecule has 0 atom stereocenters. The van der Waals surface area contributed by atoms with Crippen molar-refractivity contribution in [1.82, 2.24) is 0 Å². The maximum atomic E-state index is 11.5. The van der Waals surface area contributed by atoms with Gasteiger partial charge in [-0.05, 0) is 44.0 Å². The molecule has 0 aliphatic carbocycles. The topological polar surface area (TPSA) is 76.4 Å². The fourth-order valence-corrected chi connectivity index (χ4v) is 1.55. The van der Waals surface area contributed by atoms with Crippen LogP contribution in [0.5, 0.6) is 5.75 Å². The van der Waals surface area contributed by atoms with Gasteiger partial charge in [0.25, 0.3) is 0 Å². The Bertz CT molecular complexity index is 488. The lowest BCUT2D eigenvalue weighted by atomic mass is 10.2. The van der Waals surface area contributed by atoms with Gasteiger partial charge in [-0.25, -0.2) is 0 Å². The van der Waals surface area contributed by atoms with Gasteiger partial charge in [0.1, 0.15) is 5.75 Å². The SMILES string of the molecule is CCOC(=O)CCCCC(=O)Oc1ccc(C#N)cc1. The van der Waals surface area contributed by atoms with Crippen LogP contribution in [0.2, 0.25) is 0 Å². The first-order valence-corrected chi connectivity index (χ1v) is 6.52. The fraction of sp³-hybridized carbons (Fsp3) is 0.400. The van der Waals surface area contributed by atoms with Crippen molar-refractivity contribution in [3.63, 3.8) is 0 Å². The molecule has 0 saturated heterocycles. The van der Waals surface area contributed by atoms with Crippen LogP contribution in [0, 0.1) is 11.3 Å². The van der Waals surface area contributed by atoms with Gasteiger partial charge in [-0.3, -0.25) is 9.59 Å². The molecule has 0 aromatic heterocycles. The molecule has 106 valence electrons. The lowest BCUT2D eigenvalue weighted by Gasteiger charge is -2.04. The number of carbonyl (C=O) groups excluding carboxylic acids is 2. The zero-order chi connectivity index (χ0) is 14.8. The maximum Gasteiger partial charge on any atom is 0.311 e. The largest absolute Gasteiger partial charge is 0.466 e. The summed E-state index contributed by atoms with van der Waals surface area (Å²) >= 11 is 0. The molecule has 0 aliphatic heterocycles. The quantitative estimate of drug-likeness (QED) is 0.434. The van der Waals surface area contributed by atoms with E-state index in [1.807, 2.05) is 6.07 Å². The maximum absolute atomic E-state index is 11.5. The van der Waals surface area contributed by atoms with Crippen molar-refractivity contribution in [1.29, 1.82) is 5.26 Å². The Labute approximate surface area is 118 Å². The Kier molecular flexibility index (Phi) is 6.83. The number of nitriles is 1. The molecule has 1 rings (SSSR count). The third-order valence-electron chi connectivity index (χ3n) is 2.53. The highest BCUT2D eigenvalue weighted by Crippen LogP contribution is 2.13. The molecule has 0 N–H and O–H groups in total. The molecule has 1 aromatic rings. The Morgan fingerprint density at radius 1 is 1.10 bits per heavy atom. The van der Waals surface area contributed by atoms with E-state index in [1.165, 1.54) is 0 Å². The Balaban J connectivity index is 2.23. The molecular formula is C15H17NO4. The van der Waals surface area contributed by atoms with Crippen molar-refractivity contribution in [2.45, 2.75) is 32.6 Å². The summed E-state index contributed by atoms with van der Waals surface area (Å²) in [6.45, 7) is 2.13. The highest BCUT2D eigenvalue weighted by Gasteiger charge is 2.06. The Morgan fingerprint density at radius 2 is 1.70 bits per heavy atom. The first kappa shape index (κ1) is 15.7. The van der Waals surface area contributed by atoms with Crippen molar-refractivity contribution in [2.75, 3.05) is 6.61 Å². The number of rotatable bonds is 7. The third-order valence-corrected chi connectivity index (χ3v) is 2.53. The van der Waals surface area contributed by atoms with E-state index in [0.29, 0.717) is 37.2 Å². The zero-order valence-electron chi connectivity index (χ0n) is 11.4. The first-order valence-electron chi connectivity index (χ1n) is 6.52. The van der Waals surface area contributed by atoms with Crippen molar-refractivity contribution < 1.29 is 19.1 Å². The molecule has 1 aromatic carbocycles. The summed E-state index contributed by atoms with van der Waals surface area (Å²) < 4.78 is 9.89. The van der Waals surface area contributed by atoms with Crippen molar-refractivity contribution in [3.8, 4) is 11.8 Å². The van der Waals surface area contributed by atoms with Gasteiger partial charge in [-0.1, -0.05) is 0 Å². The number of carbonyl (C=O) groups is 2. The van der Waals surface area contributed by atoms with Crippen LogP contribution in [0.4, 0.5) is 0 Å². The lowest BCUT2D eigenvalue weighted by Crippen LogP contribution is -2.08. The lowest BCUT2D eigenvalue weighted by molar-refractivity contribution is -0.143. The Morgan fingerprint density at radius 3 is 2.25 bits per heavy atom. The number of benzene rings is 1. The van der Waals surface area contributed by atoms with Crippen LogP contribution in [0.3, 0.4) is 0 Å². The van der Waals surface area contributed by atoms with E-state index in [9.17, 15) is 9.59 Å². The molecule has 0 fully saturated rings. The van der Waals surface area contributed by atoms with Crippen molar-refractivity contribution in [2.24, 2.45) is 0 Å². The van der Waals surface area contributed by atoms with Gasteiger partial charge in [-0.15, -0.1) is 0 Å². The number of ether oxygens (including phenoxy) is 2. The van der Waals surface area contributed by atoms with Gasteiger partial charge in [0, 0.05) is 12.8 Å². The summed E-state index contributed by atoms with van der Waals surface area (Å²) in [5.74, 6) is -0.175. The van der Waals surface area contributed by atoms with Crippen LogP contribution >= 0.6 is 0 Å². The van der Waals surface area contributed by atoms with E-state index in [-0.39, 0.29) is 18.4 Å².